The number of aromatic nitrogens is 2. The van der Waals surface area contributed by atoms with Crippen LogP contribution in [0.3, 0.4) is 0 Å². The van der Waals surface area contributed by atoms with Crippen LogP contribution in [0.4, 0.5) is 0 Å². The highest BCUT2D eigenvalue weighted by Crippen LogP contribution is 2.15. The minimum atomic E-state index is -3.39. The summed E-state index contributed by atoms with van der Waals surface area (Å²) in [5.41, 5.74) is 0. The van der Waals surface area contributed by atoms with Gasteiger partial charge in [0, 0.05) is 19.3 Å². The van der Waals surface area contributed by atoms with Crippen LogP contribution in [0.1, 0.15) is 13.3 Å². The molecule has 0 radical (unpaired) electrons. The minimum absolute atomic E-state index is 0.197. The van der Waals surface area contributed by atoms with E-state index in [0.717, 1.165) is 26.1 Å². The number of likely N-dealkylation sites (tertiary alicyclic amines) is 1. The normalized spacial score (nSPS) is 22.1. The molecule has 0 aliphatic carbocycles. The van der Waals surface area contributed by atoms with Crippen molar-refractivity contribution < 1.29 is 8.42 Å². The molecule has 0 saturated carbocycles. The van der Waals surface area contributed by atoms with E-state index in [-0.39, 0.29) is 4.90 Å². The van der Waals surface area contributed by atoms with Crippen molar-refractivity contribution in [3.8, 4) is 0 Å². The van der Waals surface area contributed by atoms with Gasteiger partial charge in [0.1, 0.15) is 4.90 Å². The SMILES string of the molecule is CCN1CCC(CNS(=O)(=O)c2cn[nH]c2)C1. The molecule has 1 aliphatic heterocycles. The zero-order valence-corrected chi connectivity index (χ0v) is 10.7. The molecule has 0 bridgehead atoms. The van der Waals surface area contributed by atoms with E-state index >= 15 is 0 Å². The second-order valence-corrected chi connectivity index (χ2v) is 6.10. The number of aromatic amines is 1. The van der Waals surface area contributed by atoms with Gasteiger partial charge in [-0.15, -0.1) is 0 Å². The van der Waals surface area contributed by atoms with Gasteiger partial charge in [0.2, 0.25) is 10.0 Å². The number of sulfonamides is 1. The first kappa shape index (κ1) is 12.5. The van der Waals surface area contributed by atoms with Gasteiger partial charge < -0.3 is 4.90 Å². The fraction of sp³-hybridized carbons (Fsp3) is 0.700. The van der Waals surface area contributed by atoms with Crippen molar-refractivity contribution in [2.24, 2.45) is 5.92 Å². The Kier molecular flexibility index (Phi) is 3.80. The standard InChI is InChI=1S/C10H18N4O2S/c1-2-14-4-3-9(8-14)5-13-17(15,16)10-6-11-12-7-10/h6-7,9,13H,2-5,8H2,1H3,(H,11,12). The Bertz CT molecular complexity index is 443. The average Bonchev–Trinajstić information content (AvgIpc) is 2.98. The van der Waals surface area contributed by atoms with Gasteiger partial charge in [0.15, 0.2) is 0 Å². The molecule has 17 heavy (non-hydrogen) atoms. The highest BCUT2D eigenvalue weighted by molar-refractivity contribution is 7.89. The smallest absolute Gasteiger partial charge is 0.243 e. The van der Waals surface area contributed by atoms with E-state index in [2.05, 4.69) is 26.7 Å². The molecule has 1 saturated heterocycles. The van der Waals surface area contributed by atoms with Crippen LogP contribution in [0.25, 0.3) is 0 Å². The fourth-order valence-corrected chi connectivity index (χ4v) is 3.08. The van der Waals surface area contributed by atoms with Crippen LogP contribution < -0.4 is 4.72 Å². The molecule has 1 fully saturated rings. The van der Waals surface area contributed by atoms with Crippen LogP contribution in [0.15, 0.2) is 17.3 Å². The Morgan fingerprint density at radius 1 is 1.65 bits per heavy atom. The molecule has 0 spiro atoms. The van der Waals surface area contributed by atoms with E-state index in [9.17, 15) is 8.42 Å². The van der Waals surface area contributed by atoms with E-state index in [1.807, 2.05) is 0 Å². The molecule has 96 valence electrons. The van der Waals surface area contributed by atoms with E-state index in [1.54, 1.807) is 0 Å². The average molecular weight is 258 g/mol. The Labute approximate surface area is 101 Å². The van der Waals surface area contributed by atoms with Gasteiger partial charge in [0.25, 0.3) is 0 Å². The number of rotatable bonds is 5. The molecule has 2 rings (SSSR count). The summed E-state index contributed by atoms with van der Waals surface area (Å²) in [5, 5.41) is 6.14. The third-order valence-electron chi connectivity index (χ3n) is 3.16. The lowest BCUT2D eigenvalue weighted by molar-refractivity contribution is 0.342. The molecule has 1 unspecified atom stereocenters. The number of hydrogen-bond donors (Lipinski definition) is 2. The first-order chi connectivity index (χ1) is 8.12. The van der Waals surface area contributed by atoms with Crippen molar-refractivity contribution >= 4 is 10.0 Å². The maximum atomic E-state index is 11.8. The van der Waals surface area contributed by atoms with Crippen LogP contribution in [0.5, 0.6) is 0 Å². The predicted molar refractivity (Wildman–Crippen MR) is 64.0 cm³/mol. The lowest BCUT2D eigenvalue weighted by atomic mass is 10.1. The van der Waals surface area contributed by atoms with E-state index in [1.165, 1.54) is 12.4 Å². The van der Waals surface area contributed by atoms with Crippen molar-refractivity contribution in [2.45, 2.75) is 18.2 Å². The lowest BCUT2D eigenvalue weighted by Crippen LogP contribution is -2.30. The van der Waals surface area contributed by atoms with Crippen molar-refractivity contribution in [3.05, 3.63) is 12.4 Å². The van der Waals surface area contributed by atoms with Crippen LogP contribution in [-0.4, -0.2) is 49.7 Å². The monoisotopic (exact) mass is 258 g/mol. The van der Waals surface area contributed by atoms with Crippen molar-refractivity contribution in [1.82, 2.24) is 19.8 Å². The number of hydrogen-bond acceptors (Lipinski definition) is 4. The van der Waals surface area contributed by atoms with Crippen LogP contribution in [-0.2, 0) is 10.0 Å². The van der Waals surface area contributed by atoms with E-state index in [0.29, 0.717) is 12.5 Å². The molecular formula is C10H18N4O2S. The second-order valence-electron chi connectivity index (χ2n) is 4.33. The topological polar surface area (TPSA) is 78.1 Å². The summed E-state index contributed by atoms with van der Waals surface area (Å²) in [4.78, 5) is 2.53. The van der Waals surface area contributed by atoms with Crippen LogP contribution in [0.2, 0.25) is 0 Å². The number of nitrogens with zero attached hydrogens (tertiary/aromatic N) is 2. The highest BCUT2D eigenvalue weighted by atomic mass is 32.2. The highest BCUT2D eigenvalue weighted by Gasteiger charge is 2.23. The number of H-pyrrole nitrogens is 1. The molecule has 0 amide bonds. The molecule has 2 heterocycles. The van der Waals surface area contributed by atoms with Crippen molar-refractivity contribution in [1.29, 1.82) is 0 Å². The summed E-state index contributed by atoms with van der Waals surface area (Å²) in [7, 11) is -3.39. The second kappa shape index (κ2) is 5.16. The van der Waals surface area contributed by atoms with E-state index in [4.69, 9.17) is 0 Å². The fourth-order valence-electron chi connectivity index (χ4n) is 2.06. The van der Waals surface area contributed by atoms with Gasteiger partial charge in [-0.3, -0.25) is 5.10 Å². The zero-order chi connectivity index (χ0) is 12.3. The minimum Gasteiger partial charge on any atom is -0.303 e. The van der Waals surface area contributed by atoms with Gasteiger partial charge in [-0.25, -0.2) is 13.1 Å². The summed E-state index contributed by atoms with van der Waals surface area (Å²) in [6.45, 7) is 5.70. The summed E-state index contributed by atoms with van der Waals surface area (Å²) in [6.07, 6.45) is 3.76. The third-order valence-corrected chi connectivity index (χ3v) is 4.55. The summed E-state index contributed by atoms with van der Waals surface area (Å²) < 4.78 is 26.3. The first-order valence-corrected chi connectivity index (χ1v) is 7.31. The maximum absolute atomic E-state index is 11.8. The van der Waals surface area contributed by atoms with Crippen molar-refractivity contribution in [2.75, 3.05) is 26.2 Å². The summed E-state index contributed by atoms with van der Waals surface area (Å²) in [5.74, 6) is 0.414. The molecular weight excluding hydrogens is 240 g/mol. The summed E-state index contributed by atoms with van der Waals surface area (Å²) in [6, 6.07) is 0. The van der Waals surface area contributed by atoms with Gasteiger partial charge in [0.05, 0.1) is 6.20 Å². The molecule has 2 N–H and O–H groups in total. The van der Waals surface area contributed by atoms with Gasteiger partial charge in [-0.2, -0.15) is 5.10 Å². The van der Waals surface area contributed by atoms with Crippen LogP contribution in [0, 0.1) is 5.92 Å². The lowest BCUT2D eigenvalue weighted by Gasteiger charge is -2.13. The Balaban J connectivity index is 1.87. The molecule has 1 aromatic rings. The zero-order valence-electron chi connectivity index (χ0n) is 9.89. The Morgan fingerprint density at radius 2 is 2.47 bits per heavy atom. The molecule has 1 aliphatic rings. The maximum Gasteiger partial charge on any atom is 0.243 e. The third kappa shape index (κ3) is 3.05. The molecule has 6 nitrogen and oxygen atoms in total. The van der Waals surface area contributed by atoms with E-state index < -0.39 is 10.0 Å². The Morgan fingerprint density at radius 3 is 3.06 bits per heavy atom. The Hall–Kier alpha value is -0.920. The first-order valence-electron chi connectivity index (χ1n) is 5.82. The van der Waals surface area contributed by atoms with Crippen molar-refractivity contribution in [3.63, 3.8) is 0 Å². The predicted octanol–water partition coefficient (Wildman–Crippen LogP) is 0.0298. The summed E-state index contributed by atoms with van der Waals surface area (Å²) >= 11 is 0. The molecule has 1 atom stereocenters. The molecule has 7 heteroatoms. The van der Waals surface area contributed by atoms with Crippen LogP contribution >= 0.6 is 0 Å². The molecule has 0 aromatic carbocycles. The number of nitrogens with one attached hydrogen (secondary N) is 2. The van der Waals surface area contributed by atoms with Gasteiger partial charge in [-0.05, 0) is 25.4 Å². The molecule has 1 aromatic heterocycles. The quantitative estimate of drug-likeness (QED) is 0.781. The van der Waals surface area contributed by atoms with Gasteiger partial charge >= 0.3 is 0 Å². The van der Waals surface area contributed by atoms with Gasteiger partial charge in [-0.1, -0.05) is 6.92 Å². The largest absolute Gasteiger partial charge is 0.303 e.